The maximum atomic E-state index is 11.9. The van der Waals surface area contributed by atoms with Crippen LogP contribution in [0.2, 0.25) is 0 Å². The van der Waals surface area contributed by atoms with E-state index in [0.717, 1.165) is 32.1 Å². The monoisotopic (exact) mass is 310 g/mol. The molecule has 1 aliphatic carbocycles. The van der Waals surface area contributed by atoms with Crippen LogP contribution in [0, 0.1) is 5.92 Å². The lowest BCUT2D eigenvalue weighted by atomic mass is 10.1. The summed E-state index contributed by atoms with van der Waals surface area (Å²) in [7, 11) is -3.20. The summed E-state index contributed by atoms with van der Waals surface area (Å²) in [5.74, 6) is 0.502. The van der Waals surface area contributed by atoms with Crippen molar-refractivity contribution >= 4 is 26.1 Å². The van der Waals surface area contributed by atoms with Gasteiger partial charge in [0.25, 0.3) is 10.2 Å². The quantitative estimate of drug-likeness (QED) is 0.800. The van der Waals surface area contributed by atoms with Crippen molar-refractivity contribution in [3.05, 3.63) is 0 Å². The van der Waals surface area contributed by atoms with Crippen LogP contribution in [0.15, 0.2) is 0 Å². The zero-order valence-electron chi connectivity index (χ0n) is 9.36. The molecule has 0 spiro atoms. The number of hydrogen-bond donors (Lipinski definition) is 1. The van der Waals surface area contributed by atoms with Crippen LogP contribution in [0.25, 0.3) is 0 Å². The van der Waals surface area contributed by atoms with Gasteiger partial charge in [0, 0.05) is 24.5 Å². The first kappa shape index (κ1) is 12.8. The Kier molecular flexibility index (Phi) is 4.26. The fourth-order valence-electron chi connectivity index (χ4n) is 2.44. The molecule has 1 heterocycles. The Bertz CT molecular complexity index is 328. The summed E-state index contributed by atoms with van der Waals surface area (Å²) < 4.78 is 28.1. The molecule has 1 saturated heterocycles. The van der Waals surface area contributed by atoms with Gasteiger partial charge in [-0.3, -0.25) is 0 Å². The second-order valence-electron chi connectivity index (χ2n) is 4.74. The molecule has 2 aliphatic rings. The second-order valence-corrected chi connectivity index (χ2v) is 7.79. The molecule has 0 radical (unpaired) electrons. The summed E-state index contributed by atoms with van der Waals surface area (Å²) in [4.78, 5) is 0.578. The number of halogens is 1. The Balaban J connectivity index is 1.80. The Morgan fingerprint density at radius 1 is 1.25 bits per heavy atom. The predicted octanol–water partition coefficient (Wildman–Crippen LogP) is 1.48. The number of nitrogens with one attached hydrogen (secondary N) is 1. The topological polar surface area (TPSA) is 49.4 Å². The Morgan fingerprint density at radius 3 is 2.50 bits per heavy atom. The molecule has 2 rings (SSSR count). The molecule has 2 unspecified atom stereocenters. The highest BCUT2D eigenvalue weighted by atomic mass is 79.9. The molecule has 0 bridgehead atoms. The van der Waals surface area contributed by atoms with Gasteiger partial charge in [0.15, 0.2) is 0 Å². The van der Waals surface area contributed by atoms with E-state index in [4.69, 9.17) is 0 Å². The average molecular weight is 311 g/mol. The van der Waals surface area contributed by atoms with E-state index in [1.54, 1.807) is 4.31 Å². The third-order valence-corrected chi connectivity index (χ3v) is 5.84. The summed E-state index contributed by atoms with van der Waals surface area (Å²) in [5.41, 5.74) is 0. The molecule has 0 aromatic carbocycles. The Labute approximate surface area is 106 Å². The highest BCUT2D eigenvalue weighted by Crippen LogP contribution is 2.30. The van der Waals surface area contributed by atoms with Gasteiger partial charge < -0.3 is 0 Å². The lowest BCUT2D eigenvalue weighted by molar-refractivity contribution is 0.450. The van der Waals surface area contributed by atoms with Crippen molar-refractivity contribution in [2.45, 2.75) is 36.9 Å². The molecule has 2 atom stereocenters. The van der Waals surface area contributed by atoms with Gasteiger partial charge in [0.1, 0.15) is 0 Å². The summed E-state index contributed by atoms with van der Waals surface area (Å²) in [6.45, 7) is 1.96. The van der Waals surface area contributed by atoms with Gasteiger partial charge in [-0.2, -0.15) is 12.7 Å². The van der Waals surface area contributed by atoms with Crippen LogP contribution in [0.3, 0.4) is 0 Å². The first-order valence-electron chi connectivity index (χ1n) is 5.97. The first-order chi connectivity index (χ1) is 7.58. The van der Waals surface area contributed by atoms with E-state index < -0.39 is 10.2 Å². The SMILES string of the molecule is O=S(=O)(NCC1CCC(Br)C1)N1CCCC1. The second kappa shape index (κ2) is 5.33. The molecule has 0 amide bonds. The predicted molar refractivity (Wildman–Crippen MR) is 67.8 cm³/mol. The fraction of sp³-hybridized carbons (Fsp3) is 1.00. The van der Waals surface area contributed by atoms with E-state index >= 15 is 0 Å². The molecule has 1 aliphatic heterocycles. The van der Waals surface area contributed by atoms with Crippen LogP contribution in [0.4, 0.5) is 0 Å². The van der Waals surface area contributed by atoms with Gasteiger partial charge in [-0.05, 0) is 38.0 Å². The Morgan fingerprint density at radius 2 is 1.94 bits per heavy atom. The van der Waals surface area contributed by atoms with E-state index in [2.05, 4.69) is 20.7 Å². The Hall–Kier alpha value is 0.350. The van der Waals surface area contributed by atoms with Crippen LogP contribution in [0.1, 0.15) is 32.1 Å². The van der Waals surface area contributed by atoms with Crippen molar-refractivity contribution in [2.24, 2.45) is 5.92 Å². The molecule has 1 N–H and O–H groups in total. The maximum Gasteiger partial charge on any atom is 0.279 e. The maximum absolute atomic E-state index is 11.9. The average Bonchev–Trinajstić information content (AvgIpc) is 2.85. The lowest BCUT2D eigenvalue weighted by Crippen LogP contribution is -2.40. The molecular weight excluding hydrogens is 292 g/mol. The van der Waals surface area contributed by atoms with Crippen LogP contribution in [-0.4, -0.2) is 37.2 Å². The van der Waals surface area contributed by atoms with Crippen molar-refractivity contribution in [3.8, 4) is 0 Å². The smallest absolute Gasteiger partial charge is 0.202 e. The van der Waals surface area contributed by atoms with E-state index in [1.165, 1.54) is 0 Å². The number of alkyl halides is 1. The lowest BCUT2D eigenvalue weighted by Gasteiger charge is -2.18. The molecule has 1 saturated carbocycles. The molecule has 4 nitrogen and oxygen atoms in total. The van der Waals surface area contributed by atoms with Crippen molar-refractivity contribution in [1.82, 2.24) is 9.03 Å². The van der Waals surface area contributed by atoms with Crippen molar-refractivity contribution in [1.29, 1.82) is 0 Å². The summed E-state index contributed by atoms with van der Waals surface area (Å²) in [5, 5.41) is 0. The van der Waals surface area contributed by atoms with Gasteiger partial charge in [0.05, 0.1) is 0 Å². The largest absolute Gasteiger partial charge is 0.279 e. The van der Waals surface area contributed by atoms with E-state index in [1.807, 2.05) is 0 Å². The van der Waals surface area contributed by atoms with Crippen LogP contribution < -0.4 is 4.72 Å². The van der Waals surface area contributed by atoms with Crippen molar-refractivity contribution < 1.29 is 8.42 Å². The van der Waals surface area contributed by atoms with Gasteiger partial charge in [-0.1, -0.05) is 15.9 Å². The van der Waals surface area contributed by atoms with Crippen LogP contribution >= 0.6 is 15.9 Å². The molecule has 16 heavy (non-hydrogen) atoms. The van der Waals surface area contributed by atoms with Crippen molar-refractivity contribution in [2.75, 3.05) is 19.6 Å². The van der Waals surface area contributed by atoms with E-state index in [0.29, 0.717) is 30.4 Å². The number of nitrogens with zero attached hydrogens (tertiary/aromatic N) is 1. The summed E-state index contributed by atoms with van der Waals surface area (Å²) in [6, 6.07) is 0. The number of rotatable bonds is 4. The van der Waals surface area contributed by atoms with E-state index in [9.17, 15) is 8.42 Å². The van der Waals surface area contributed by atoms with Gasteiger partial charge >= 0.3 is 0 Å². The van der Waals surface area contributed by atoms with Crippen LogP contribution in [0.5, 0.6) is 0 Å². The zero-order chi connectivity index (χ0) is 11.6. The third-order valence-electron chi connectivity index (χ3n) is 3.44. The minimum Gasteiger partial charge on any atom is -0.202 e. The first-order valence-corrected chi connectivity index (χ1v) is 8.32. The minimum absolute atomic E-state index is 0.502. The molecule has 2 fully saturated rings. The van der Waals surface area contributed by atoms with E-state index in [-0.39, 0.29) is 0 Å². The fourth-order valence-corrected chi connectivity index (χ4v) is 4.60. The highest BCUT2D eigenvalue weighted by molar-refractivity contribution is 9.09. The molecule has 94 valence electrons. The number of hydrogen-bond acceptors (Lipinski definition) is 2. The van der Waals surface area contributed by atoms with Gasteiger partial charge in [0.2, 0.25) is 0 Å². The molecule has 0 aromatic heterocycles. The van der Waals surface area contributed by atoms with Gasteiger partial charge in [-0.25, -0.2) is 4.72 Å². The molecule has 0 aromatic rings. The van der Waals surface area contributed by atoms with Crippen LogP contribution in [-0.2, 0) is 10.2 Å². The molecule has 6 heteroatoms. The highest BCUT2D eigenvalue weighted by Gasteiger charge is 2.28. The van der Waals surface area contributed by atoms with Crippen molar-refractivity contribution in [3.63, 3.8) is 0 Å². The third kappa shape index (κ3) is 3.18. The summed E-state index contributed by atoms with van der Waals surface area (Å²) in [6.07, 6.45) is 5.36. The normalized spacial score (nSPS) is 32.3. The van der Waals surface area contributed by atoms with Gasteiger partial charge in [-0.15, -0.1) is 0 Å². The summed E-state index contributed by atoms with van der Waals surface area (Å²) >= 11 is 3.58. The zero-order valence-corrected chi connectivity index (χ0v) is 11.8. The molecular formula is C10H19BrN2O2S. The standard InChI is InChI=1S/C10H19BrN2O2S/c11-10-4-3-9(7-10)8-12-16(14,15)13-5-1-2-6-13/h9-10,12H,1-8H2. The minimum atomic E-state index is -3.20.